The van der Waals surface area contributed by atoms with Gasteiger partial charge in [0, 0.05) is 18.7 Å². The number of hydrogen-bond donors (Lipinski definition) is 3. The second-order valence-electron chi connectivity index (χ2n) is 4.20. The molecule has 0 bridgehead atoms. The van der Waals surface area contributed by atoms with Crippen LogP contribution in [0.3, 0.4) is 0 Å². The van der Waals surface area contributed by atoms with Gasteiger partial charge < -0.3 is 0 Å². The van der Waals surface area contributed by atoms with Crippen molar-refractivity contribution in [1.29, 1.82) is 0 Å². The van der Waals surface area contributed by atoms with E-state index in [0.717, 1.165) is 11.4 Å². The highest BCUT2D eigenvalue weighted by Gasteiger charge is 2.15. The maximum absolute atomic E-state index is 5.51. The first-order chi connectivity index (χ1) is 8.20. The average Bonchev–Trinajstić information content (AvgIpc) is 2.96. The molecule has 0 spiro atoms. The number of rotatable bonds is 5. The second kappa shape index (κ2) is 5.07. The van der Waals surface area contributed by atoms with Crippen LogP contribution >= 0.6 is 0 Å². The predicted octanol–water partition coefficient (Wildman–Crippen LogP) is 0.329. The molecular weight excluding hydrogens is 218 g/mol. The zero-order chi connectivity index (χ0) is 12.3. The molecule has 0 radical (unpaired) electrons. The van der Waals surface area contributed by atoms with Crippen LogP contribution in [-0.2, 0) is 6.42 Å². The lowest BCUT2D eigenvalue weighted by Gasteiger charge is -2.11. The molecule has 0 aliphatic heterocycles. The van der Waals surface area contributed by atoms with E-state index in [1.807, 2.05) is 16.9 Å². The Bertz CT molecular complexity index is 445. The van der Waals surface area contributed by atoms with Gasteiger partial charge in [-0.05, 0) is 19.9 Å². The van der Waals surface area contributed by atoms with Crippen LogP contribution in [0.15, 0.2) is 18.5 Å². The Morgan fingerprint density at radius 2 is 2.35 bits per heavy atom. The smallest absolute Gasteiger partial charge is 0.101 e. The summed E-state index contributed by atoms with van der Waals surface area (Å²) in [6.07, 6.45) is 4.31. The molecule has 92 valence electrons. The molecule has 0 saturated carbocycles. The molecule has 4 N–H and O–H groups in total. The minimum absolute atomic E-state index is 0.0794. The van der Waals surface area contributed by atoms with E-state index >= 15 is 0 Å². The molecular formula is C10H17N7. The van der Waals surface area contributed by atoms with E-state index in [1.165, 1.54) is 0 Å². The molecule has 0 aromatic carbocycles. The molecule has 7 heteroatoms. The highest BCUT2D eigenvalue weighted by molar-refractivity contribution is 5.08. The van der Waals surface area contributed by atoms with E-state index in [9.17, 15) is 0 Å². The lowest BCUT2D eigenvalue weighted by molar-refractivity contribution is 0.501. The van der Waals surface area contributed by atoms with E-state index in [4.69, 9.17) is 5.84 Å². The van der Waals surface area contributed by atoms with Gasteiger partial charge in [-0.3, -0.25) is 16.0 Å². The van der Waals surface area contributed by atoms with E-state index in [2.05, 4.69) is 39.8 Å². The van der Waals surface area contributed by atoms with Gasteiger partial charge >= 0.3 is 0 Å². The fourth-order valence-electron chi connectivity index (χ4n) is 1.61. The molecule has 2 heterocycles. The normalized spacial score (nSPS) is 13.2. The molecule has 1 unspecified atom stereocenters. The first kappa shape index (κ1) is 11.7. The Kier molecular flexibility index (Phi) is 3.50. The number of nitrogens with two attached hydrogens (primary N) is 1. The SMILES string of the molecule is CC(C)n1ccc(CC(NN)c2cn[nH]n2)n1. The Labute approximate surface area is 99.4 Å². The molecule has 2 aromatic heterocycles. The zero-order valence-corrected chi connectivity index (χ0v) is 9.96. The summed E-state index contributed by atoms with van der Waals surface area (Å²) in [7, 11) is 0. The Hall–Kier alpha value is -1.73. The first-order valence-corrected chi connectivity index (χ1v) is 5.56. The van der Waals surface area contributed by atoms with Crippen LogP contribution < -0.4 is 11.3 Å². The summed E-state index contributed by atoms with van der Waals surface area (Å²) in [6.45, 7) is 4.18. The highest BCUT2D eigenvalue weighted by Crippen LogP contribution is 2.14. The Morgan fingerprint density at radius 3 is 2.88 bits per heavy atom. The Morgan fingerprint density at radius 1 is 1.53 bits per heavy atom. The van der Waals surface area contributed by atoms with E-state index in [1.54, 1.807) is 6.20 Å². The van der Waals surface area contributed by atoms with Crippen molar-refractivity contribution in [3.8, 4) is 0 Å². The first-order valence-electron chi connectivity index (χ1n) is 5.56. The quantitative estimate of drug-likeness (QED) is 0.512. The number of H-pyrrole nitrogens is 1. The fraction of sp³-hybridized carbons (Fsp3) is 0.500. The fourth-order valence-corrected chi connectivity index (χ4v) is 1.61. The van der Waals surface area contributed by atoms with Gasteiger partial charge in [-0.1, -0.05) is 0 Å². The topological polar surface area (TPSA) is 97.4 Å². The lowest BCUT2D eigenvalue weighted by atomic mass is 10.1. The monoisotopic (exact) mass is 235 g/mol. The molecule has 0 fully saturated rings. The van der Waals surface area contributed by atoms with Gasteiger partial charge in [-0.2, -0.15) is 20.5 Å². The van der Waals surface area contributed by atoms with Crippen molar-refractivity contribution < 1.29 is 0 Å². The van der Waals surface area contributed by atoms with Gasteiger partial charge in [0.2, 0.25) is 0 Å². The summed E-state index contributed by atoms with van der Waals surface area (Å²) < 4.78 is 1.92. The lowest BCUT2D eigenvalue weighted by Crippen LogP contribution is -2.30. The summed E-state index contributed by atoms with van der Waals surface area (Å²) in [6, 6.07) is 2.27. The summed E-state index contributed by atoms with van der Waals surface area (Å²) in [5.41, 5.74) is 4.48. The van der Waals surface area contributed by atoms with E-state index in [-0.39, 0.29) is 6.04 Å². The largest absolute Gasteiger partial charge is 0.271 e. The summed E-state index contributed by atoms with van der Waals surface area (Å²) >= 11 is 0. The van der Waals surface area contributed by atoms with Crippen molar-refractivity contribution in [3.05, 3.63) is 29.8 Å². The van der Waals surface area contributed by atoms with Crippen molar-refractivity contribution >= 4 is 0 Å². The third-order valence-electron chi connectivity index (χ3n) is 2.60. The number of nitrogens with zero attached hydrogens (tertiary/aromatic N) is 4. The standard InChI is InChI=1S/C10H17N7/c1-7(2)17-4-3-8(15-17)5-9(13-11)10-6-12-16-14-10/h3-4,6-7,9,13H,5,11H2,1-2H3,(H,12,14,16). The van der Waals surface area contributed by atoms with Crippen LogP contribution in [0.5, 0.6) is 0 Å². The molecule has 0 saturated heterocycles. The maximum atomic E-state index is 5.51. The molecule has 0 aliphatic rings. The molecule has 2 aromatic rings. The van der Waals surface area contributed by atoms with Crippen LogP contribution in [0, 0.1) is 0 Å². The molecule has 0 amide bonds. The van der Waals surface area contributed by atoms with E-state index in [0.29, 0.717) is 12.5 Å². The van der Waals surface area contributed by atoms with Crippen LogP contribution in [0.1, 0.15) is 37.3 Å². The van der Waals surface area contributed by atoms with Crippen molar-refractivity contribution in [2.24, 2.45) is 5.84 Å². The van der Waals surface area contributed by atoms with Crippen LogP contribution in [0.25, 0.3) is 0 Å². The van der Waals surface area contributed by atoms with Gasteiger partial charge in [-0.25, -0.2) is 0 Å². The second-order valence-corrected chi connectivity index (χ2v) is 4.20. The Balaban J connectivity index is 2.08. The third-order valence-corrected chi connectivity index (χ3v) is 2.60. The van der Waals surface area contributed by atoms with Gasteiger partial charge in [0.05, 0.1) is 17.9 Å². The summed E-state index contributed by atoms with van der Waals surface area (Å²) in [5, 5.41) is 14.8. The predicted molar refractivity (Wildman–Crippen MR) is 62.8 cm³/mol. The van der Waals surface area contributed by atoms with Gasteiger partial charge in [0.15, 0.2) is 0 Å². The molecule has 7 nitrogen and oxygen atoms in total. The van der Waals surface area contributed by atoms with Crippen LogP contribution in [-0.4, -0.2) is 25.2 Å². The minimum atomic E-state index is -0.0794. The van der Waals surface area contributed by atoms with Crippen molar-refractivity contribution in [2.75, 3.05) is 0 Å². The van der Waals surface area contributed by atoms with Gasteiger partial charge in [0.1, 0.15) is 5.69 Å². The minimum Gasteiger partial charge on any atom is -0.271 e. The average molecular weight is 235 g/mol. The van der Waals surface area contributed by atoms with Crippen molar-refractivity contribution in [1.82, 2.24) is 30.6 Å². The molecule has 0 aliphatic carbocycles. The summed E-state index contributed by atoms with van der Waals surface area (Å²) in [4.78, 5) is 0. The number of hydrogen-bond acceptors (Lipinski definition) is 5. The molecule has 17 heavy (non-hydrogen) atoms. The number of aromatic amines is 1. The molecule has 2 rings (SSSR count). The highest BCUT2D eigenvalue weighted by atomic mass is 15.3. The number of aromatic nitrogens is 5. The molecule has 1 atom stereocenters. The van der Waals surface area contributed by atoms with Crippen LogP contribution in [0.4, 0.5) is 0 Å². The number of hydrazine groups is 1. The third kappa shape index (κ3) is 2.69. The van der Waals surface area contributed by atoms with Crippen LogP contribution in [0.2, 0.25) is 0 Å². The number of nitrogens with one attached hydrogen (secondary N) is 2. The van der Waals surface area contributed by atoms with Crippen molar-refractivity contribution in [3.63, 3.8) is 0 Å². The summed E-state index contributed by atoms with van der Waals surface area (Å²) in [5.74, 6) is 5.51. The van der Waals surface area contributed by atoms with E-state index < -0.39 is 0 Å². The van der Waals surface area contributed by atoms with Gasteiger partial charge in [0.25, 0.3) is 0 Å². The van der Waals surface area contributed by atoms with Crippen molar-refractivity contribution in [2.45, 2.75) is 32.4 Å². The van der Waals surface area contributed by atoms with Gasteiger partial charge in [-0.15, -0.1) is 0 Å². The zero-order valence-electron chi connectivity index (χ0n) is 9.96. The maximum Gasteiger partial charge on any atom is 0.101 e.